The molecule has 0 radical (unpaired) electrons. The fourth-order valence-electron chi connectivity index (χ4n) is 3.32. The van der Waals surface area contributed by atoms with E-state index in [1.54, 1.807) is 6.07 Å². The quantitative estimate of drug-likeness (QED) is 0.404. The fraction of sp³-hybridized carbons (Fsp3) is 0.400. The van der Waals surface area contributed by atoms with Crippen molar-refractivity contribution in [2.45, 2.75) is 46.0 Å². The van der Waals surface area contributed by atoms with Crippen LogP contribution in [0.1, 0.15) is 52.9 Å². The minimum absolute atomic E-state index is 0. The highest BCUT2D eigenvalue weighted by molar-refractivity contribution is 5.65. The lowest BCUT2D eigenvalue weighted by atomic mass is 9.79. The van der Waals surface area contributed by atoms with Crippen LogP contribution in [0.4, 0.5) is 17.6 Å². The zero-order valence-electron chi connectivity index (χ0n) is 12.9. The standard InChI is InChI=1S/C19H18F4.CH4.H2/c1-11-2-4-12(5-3-11)13-6-7-15(16(20)8-13)14-9-17(21)19(23)18(22)10-14;;/h6-12H,2-5H2,1H3;1H4;1H. The van der Waals surface area contributed by atoms with Crippen LogP contribution in [0.15, 0.2) is 30.3 Å². The molecule has 0 aromatic heterocycles. The summed E-state index contributed by atoms with van der Waals surface area (Å²) in [4.78, 5) is 0. The summed E-state index contributed by atoms with van der Waals surface area (Å²) in [6.07, 6.45) is 4.31. The third kappa shape index (κ3) is 3.63. The summed E-state index contributed by atoms with van der Waals surface area (Å²) in [5, 5.41) is 0. The highest BCUT2D eigenvalue weighted by atomic mass is 19.2. The summed E-state index contributed by atoms with van der Waals surface area (Å²) < 4.78 is 54.1. The second-order valence-electron chi connectivity index (χ2n) is 6.45. The average Bonchev–Trinajstić information content (AvgIpc) is 2.53. The van der Waals surface area contributed by atoms with E-state index in [0.717, 1.165) is 43.4 Å². The first-order valence-corrected chi connectivity index (χ1v) is 7.90. The van der Waals surface area contributed by atoms with Crippen LogP contribution in [0.2, 0.25) is 0 Å². The van der Waals surface area contributed by atoms with E-state index in [4.69, 9.17) is 0 Å². The SMILES string of the molecule is C.CC1CCC(c2ccc(-c3cc(F)c(F)c(F)c3)c(F)c2)CC1.[HH]. The van der Waals surface area contributed by atoms with Gasteiger partial charge >= 0.3 is 0 Å². The molecule has 0 saturated heterocycles. The molecule has 0 amide bonds. The van der Waals surface area contributed by atoms with Gasteiger partial charge in [-0.3, -0.25) is 0 Å². The van der Waals surface area contributed by atoms with Gasteiger partial charge in [0.2, 0.25) is 0 Å². The smallest absolute Gasteiger partial charge is 0.194 e. The van der Waals surface area contributed by atoms with Gasteiger partial charge in [-0.2, -0.15) is 0 Å². The van der Waals surface area contributed by atoms with Crippen molar-refractivity contribution in [3.63, 3.8) is 0 Å². The fourth-order valence-corrected chi connectivity index (χ4v) is 3.32. The first-order chi connectivity index (χ1) is 11.0. The first-order valence-electron chi connectivity index (χ1n) is 7.90. The molecule has 4 heteroatoms. The Morgan fingerprint density at radius 2 is 1.42 bits per heavy atom. The topological polar surface area (TPSA) is 0 Å². The van der Waals surface area contributed by atoms with E-state index in [0.29, 0.717) is 11.8 Å². The molecule has 3 rings (SSSR count). The zero-order valence-corrected chi connectivity index (χ0v) is 12.9. The molecule has 0 atom stereocenters. The second kappa shape index (κ2) is 7.37. The van der Waals surface area contributed by atoms with E-state index in [1.807, 2.05) is 0 Å². The van der Waals surface area contributed by atoms with Gasteiger partial charge in [-0.1, -0.05) is 39.3 Å². The van der Waals surface area contributed by atoms with E-state index in [1.165, 1.54) is 12.1 Å². The van der Waals surface area contributed by atoms with E-state index >= 15 is 0 Å². The molecule has 2 aromatic carbocycles. The van der Waals surface area contributed by atoms with Gasteiger partial charge in [0.1, 0.15) is 5.82 Å². The molecule has 1 saturated carbocycles. The Balaban J connectivity index is 0.00000156. The molecule has 0 aliphatic heterocycles. The van der Waals surface area contributed by atoms with Gasteiger partial charge in [-0.25, -0.2) is 17.6 Å². The lowest BCUT2D eigenvalue weighted by molar-refractivity contribution is 0.347. The Morgan fingerprint density at radius 1 is 0.833 bits per heavy atom. The molecule has 1 aliphatic rings. The van der Waals surface area contributed by atoms with Crippen molar-refractivity contribution in [1.82, 2.24) is 0 Å². The van der Waals surface area contributed by atoms with Crippen LogP contribution in [0, 0.1) is 29.2 Å². The molecule has 132 valence electrons. The third-order valence-electron chi connectivity index (χ3n) is 4.78. The number of halogens is 4. The van der Waals surface area contributed by atoms with E-state index < -0.39 is 23.3 Å². The number of benzene rings is 2. The van der Waals surface area contributed by atoms with Crippen LogP contribution in [-0.4, -0.2) is 0 Å². The highest BCUT2D eigenvalue weighted by Crippen LogP contribution is 2.37. The van der Waals surface area contributed by atoms with Gasteiger partial charge in [-0.15, -0.1) is 0 Å². The van der Waals surface area contributed by atoms with Crippen LogP contribution < -0.4 is 0 Å². The summed E-state index contributed by atoms with van der Waals surface area (Å²) in [5.74, 6) is -3.67. The van der Waals surface area contributed by atoms with Gasteiger partial charge in [-0.05, 0) is 54.0 Å². The predicted molar refractivity (Wildman–Crippen MR) is 90.9 cm³/mol. The van der Waals surface area contributed by atoms with Gasteiger partial charge < -0.3 is 0 Å². The maximum absolute atomic E-state index is 14.4. The van der Waals surface area contributed by atoms with Gasteiger partial charge in [0.25, 0.3) is 0 Å². The van der Waals surface area contributed by atoms with E-state index in [2.05, 4.69) is 6.92 Å². The first kappa shape index (κ1) is 18.5. The Hall–Kier alpha value is -1.84. The molecule has 24 heavy (non-hydrogen) atoms. The molecule has 0 N–H and O–H groups in total. The summed E-state index contributed by atoms with van der Waals surface area (Å²) in [6.45, 7) is 2.22. The van der Waals surface area contributed by atoms with Crippen molar-refractivity contribution in [2.24, 2.45) is 5.92 Å². The number of hydrogen-bond acceptors (Lipinski definition) is 0. The van der Waals surface area contributed by atoms with Crippen LogP contribution in [0.25, 0.3) is 11.1 Å². The molecule has 0 spiro atoms. The Morgan fingerprint density at radius 3 is 1.96 bits per heavy atom. The van der Waals surface area contributed by atoms with Crippen LogP contribution >= 0.6 is 0 Å². The molecule has 1 fully saturated rings. The summed E-state index contributed by atoms with van der Waals surface area (Å²) >= 11 is 0. The van der Waals surface area contributed by atoms with E-state index in [-0.39, 0.29) is 20.0 Å². The lowest BCUT2D eigenvalue weighted by Crippen LogP contribution is -2.11. The molecule has 2 aromatic rings. The monoisotopic (exact) mass is 340 g/mol. The summed E-state index contributed by atoms with van der Waals surface area (Å²) in [5.41, 5.74) is 1.000. The average molecular weight is 340 g/mol. The Bertz CT molecular complexity index is 699. The van der Waals surface area contributed by atoms with Gasteiger partial charge in [0, 0.05) is 6.99 Å². The number of rotatable bonds is 2. The maximum atomic E-state index is 14.4. The third-order valence-corrected chi connectivity index (χ3v) is 4.78. The Kier molecular flexibility index (Phi) is 5.68. The van der Waals surface area contributed by atoms with Crippen molar-refractivity contribution >= 4 is 0 Å². The molecule has 1 aliphatic carbocycles. The lowest BCUT2D eigenvalue weighted by Gasteiger charge is -2.26. The predicted octanol–water partition coefficient (Wildman–Crippen LogP) is 7.09. The Labute approximate surface area is 142 Å². The van der Waals surface area contributed by atoms with E-state index in [9.17, 15) is 17.6 Å². The highest BCUT2D eigenvalue weighted by Gasteiger charge is 2.21. The minimum atomic E-state index is -1.54. The van der Waals surface area contributed by atoms with Crippen molar-refractivity contribution in [3.8, 4) is 11.1 Å². The molecular weight excluding hydrogens is 316 g/mol. The van der Waals surface area contributed by atoms with Crippen LogP contribution in [-0.2, 0) is 0 Å². The zero-order chi connectivity index (χ0) is 16.6. The minimum Gasteiger partial charge on any atom is -0.206 e. The molecular formula is C20H24F4. The van der Waals surface area contributed by atoms with Crippen molar-refractivity contribution in [2.75, 3.05) is 0 Å². The van der Waals surface area contributed by atoms with Gasteiger partial charge in [0.05, 0.1) is 0 Å². The van der Waals surface area contributed by atoms with Crippen LogP contribution in [0.5, 0.6) is 0 Å². The summed E-state index contributed by atoms with van der Waals surface area (Å²) in [7, 11) is 0. The van der Waals surface area contributed by atoms with Gasteiger partial charge in [0.15, 0.2) is 17.5 Å². The maximum Gasteiger partial charge on any atom is 0.194 e. The molecule has 0 nitrogen and oxygen atoms in total. The summed E-state index contributed by atoms with van der Waals surface area (Å²) in [6, 6.07) is 6.40. The van der Waals surface area contributed by atoms with Crippen LogP contribution in [0.3, 0.4) is 0 Å². The molecule has 0 heterocycles. The van der Waals surface area contributed by atoms with Crippen molar-refractivity contribution < 1.29 is 19.0 Å². The molecule has 0 bridgehead atoms. The molecule has 0 unspecified atom stereocenters. The normalized spacial score (nSPS) is 20.5. The second-order valence-corrected chi connectivity index (χ2v) is 6.45. The van der Waals surface area contributed by atoms with Crippen molar-refractivity contribution in [3.05, 3.63) is 59.2 Å². The number of hydrogen-bond donors (Lipinski definition) is 0. The largest absolute Gasteiger partial charge is 0.206 e. The van der Waals surface area contributed by atoms with Crippen molar-refractivity contribution in [1.29, 1.82) is 0 Å².